The van der Waals surface area contributed by atoms with E-state index >= 15 is 0 Å². The molecule has 0 radical (unpaired) electrons. The van der Waals surface area contributed by atoms with Gasteiger partial charge in [0.15, 0.2) is 0 Å². The number of hydrogen-bond donors (Lipinski definition) is 5. The first-order valence-electron chi connectivity index (χ1n) is 18.7. The number of aromatic nitrogens is 5. The molecule has 0 saturated carbocycles. The highest BCUT2D eigenvalue weighted by atomic mass is 32.1. The normalized spacial score (nSPS) is 17.9. The van der Waals surface area contributed by atoms with Gasteiger partial charge in [-0.05, 0) is 53.9 Å². The number of ether oxygens (including phenoxy) is 1. The van der Waals surface area contributed by atoms with E-state index in [4.69, 9.17) is 4.74 Å². The maximum absolute atomic E-state index is 13.8. The second kappa shape index (κ2) is 16.8. The van der Waals surface area contributed by atoms with Crippen LogP contribution in [0.1, 0.15) is 69.0 Å². The summed E-state index contributed by atoms with van der Waals surface area (Å²) >= 11 is 1.43. The molecule has 16 heteroatoms. The molecule has 5 heterocycles. The standard InChI is InChI=1S/C40H45N9O6S/c1-23(2)34(47-39(52)53)38(51)49-17-5-7-33(49)36-42-20-31(45-36)27-14-10-25(11-15-27)24-8-12-26(13-9-24)30-19-41-35(44-30)32-6-4-16-48(32)37(50)29(46-40(54)55-3)18-28-21-56-22-43-28/h8-15,19-23,29,32-34,47H,4-7,16-18H2,1-3H3,(H,41,44)(H,42,45)(H,46,54)(H,52,53)/t29-,32-,33-,34-/m0/s1. The Morgan fingerprint density at radius 3 is 1.79 bits per heavy atom. The molecule has 15 nitrogen and oxygen atoms in total. The molecule has 292 valence electrons. The molecule has 0 unspecified atom stereocenters. The lowest BCUT2D eigenvalue weighted by atomic mass is 10.0. The predicted octanol–water partition coefficient (Wildman–Crippen LogP) is 6.18. The van der Waals surface area contributed by atoms with E-state index in [0.717, 1.165) is 65.0 Å². The number of carbonyl (C=O) groups is 4. The highest BCUT2D eigenvalue weighted by Gasteiger charge is 2.38. The number of imidazole rings is 2. The Morgan fingerprint density at radius 2 is 1.32 bits per heavy atom. The minimum absolute atomic E-state index is 0.189. The molecule has 0 bridgehead atoms. The average molecular weight is 780 g/mol. The number of aromatic amines is 2. The van der Waals surface area contributed by atoms with Crippen LogP contribution in [0.5, 0.6) is 0 Å². The van der Waals surface area contributed by atoms with Gasteiger partial charge < -0.3 is 40.2 Å². The summed E-state index contributed by atoms with van der Waals surface area (Å²) in [6, 6.07) is 14.2. The highest BCUT2D eigenvalue weighted by molar-refractivity contribution is 7.07. The summed E-state index contributed by atoms with van der Waals surface area (Å²) in [6.45, 7) is 4.76. The van der Waals surface area contributed by atoms with Crippen molar-refractivity contribution in [1.29, 1.82) is 0 Å². The third-order valence-electron chi connectivity index (χ3n) is 10.5. The van der Waals surface area contributed by atoms with Gasteiger partial charge in [-0.2, -0.15) is 0 Å². The molecule has 3 aromatic heterocycles. The van der Waals surface area contributed by atoms with Gasteiger partial charge in [0.1, 0.15) is 23.7 Å². The van der Waals surface area contributed by atoms with E-state index in [1.807, 2.05) is 43.5 Å². The Kier molecular flexibility index (Phi) is 11.5. The van der Waals surface area contributed by atoms with E-state index in [0.29, 0.717) is 24.7 Å². The first kappa shape index (κ1) is 38.3. The van der Waals surface area contributed by atoms with Gasteiger partial charge in [-0.1, -0.05) is 62.4 Å². The monoisotopic (exact) mass is 779 g/mol. The average Bonchev–Trinajstić information content (AvgIpc) is 4.05. The minimum atomic E-state index is -1.22. The SMILES string of the molecule is COC(=O)N[C@@H](Cc1cscn1)C(=O)N1CCC[C@H]1c1ncc(-c2ccc(-c3ccc(-c4cnc([C@@H]5CCCN5C(=O)[C@@H](NC(=O)O)C(C)C)[nH]4)cc3)cc2)[nH]1. The van der Waals surface area contributed by atoms with Crippen molar-refractivity contribution in [1.82, 2.24) is 45.4 Å². The number of thiazole rings is 1. The zero-order valence-electron chi connectivity index (χ0n) is 31.4. The fraction of sp³-hybridized carbons (Fsp3) is 0.375. The first-order valence-corrected chi connectivity index (χ1v) is 19.7. The second-order valence-electron chi connectivity index (χ2n) is 14.4. The number of nitrogens with one attached hydrogen (secondary N) is 4. The molecule has 7 rings (SSSR count). The third-order valence-corrected chi connectivity index (χ3v) is 11.1. The summed E-state index contributed by atoms with van der Waals surface area (Å²) in [7, 11) is 1.27. The van der Waals surface area contributed by atoms with Crippen LogP contribution in [-0.2, 0) is 20.7 Å². The smallest absolute Gasteiger partial charge is 0.407 e. The molecule has 4 amide bonds. The molecule has 56 heavy (non-hydrogen) atoms. The van der Waals surface area contributed by atoms with Crippen LogP contribution in [0.2, 0.25) is 0 Å². The largest absolute Gasteiger partial charge is 0.465 e. The van der Waals surface area contributed by atoms with Crippen LogP contribution in [0.4, 0.5) is 9.59 Å². The number of nitrogens with zero attached hydrogens (tertiary/aromatic N) is 5. The second-order valence-corrected chi connectivity index (χ2v) is 15.2. The van der Waals surface area contributed by atoms with Crippen LogP contribution >= 0.6 is 11.3 Å². The minimum Gasteiger partial charge on any atom is -0.465 e. The van der Waals surface area contributed by atoms with Gasteiger partial charge in [0.2, 0.25) is 11.8 Å². The zero-order chi connectivity index (χ0) is 39.3. The Bertz CT molecular complexity index is 2150. The number of likely N-dealkylation sites (tertiary alicyclic amines) is 2. The summed E-state index contributed by atoms with van der Waals surface area (Å²) in [5.74, 6) is 0.753. The Hall–Kier alpha value is -6.03. The van der Waals surface area contributed by atoms with Crippen molar-refractivity contribution in [3.05, 3.63) is 89.2 Å². The van der Waals surface area contributed by atoms with E-state index in [1.54, 1.807) is 27.7 Å². The molecule has 5 N–H and O–H groups in total. The fourth-order valence-corrected chi connectivity index (χ4v) is 8.16. The first-order chi connectivity index (χ1) is 27.1. The Labute approximate surface area is 327 Å². The molecule has 5 aromatic rings. The van der Waals surface area contributed by atoms with Crippen LogP contribution in [-0.4, -0.2) is 96.1 Å². The zero-order valence-corrected chi connectivity index (χ0v) is 32.2. The number of hydrogen-bond acceptors (Lipinski definition) is 9. The topological polar surface area (TPSA) is 199 Å². The van der Waals surface area contributed by atoms with E-state index < -0.39 is 24.3 Å². The number of methoxy groups -OCH3 is 1. The summed E-state index contributed by atoms with van der Waals surface area (Å²) in [5, 5.41) is 16.2. The number of carboxylic acid groups (broad SMARTS) is 1. The summed E-state index contributed by atoms with van der Waals surface area (Å²) < 4.78 is 4.80. The quantitative estimate of drug-likeness (QED) is 0.0982. The molecule has 2 aliphatic rings. The van der Waals surface area contributed by atoms with E-state index in [-0.39, 0.29) is 36.2 Å². The lowest BCUT2D eigenvalue weighted by Crippen LogP contribution is -2.50. The lowest BCUT2D eigenvalue weighted by molar-refractivity contribution is -0.135. The fourth-order valence-electron chi connectivity index (χ4n) is 7.59. The predicted molar refractivity (Wildman–Crippen MR) is 209 cm³/mol. The molecule has 2 aromatic carbocycles. The maximum atomic E-state index is 13.8. The number of carbonyl (C=O) groups excluding carboxylic acids is 3. The van der Waals surface area contributed by atoms with E-state index in [2.05, 4.69) is 59.8 Å². The van der Waals surface area contributed by atoms with E-state index in [9.17, 15) is 24.3 Å². The van der Waals surface area contributed by atoms with Gasteiger partial charge in [-0.25, -0.2) is 24.5 Å². The molecule has 2 aliphatic heterocycles. The van der Waals surface area contributed by atoms with Gasteiger partial charge >= 0.3 is 12.2 Å². The lowest BCUT2D eigenvalue weighted by Gasteiger charge is -2.29. The van der Waals surface area contributed by atoms with Gasteiger partial charge in [-0.3, -0.25) is 9.59 Å². The molecule has 0 spiro atoms. The highest BCUT2D eigenvalue weighted by Crippen LogP contribution is 2.35. The number of rotatable bonds is 12. The third kappa shape index (κ3) is 8.29. The van der Waals surface area contributed by atoms with Gasteiger partial charge in [0, 0.05) is 24.9 Å². The summed E-state index contributed by atoms with van der Waals surface area (Å²) in [4.78, 5) is 74.6. The van der Waals surface area contributed by atoms with Crippen molar-refractivity contribution in [2.75, 3.05) is 20.2 Å². The van der Waals surface area contributed by atoms with Gasteiger partial charge in [0.05, 0.1) is 54.2 Å². The van der Waals surface area contributed by atoms with Crippen LogP contribution < -0.4 is 10.6 Å². The summed E-state index contributed by atoms with van der Waals surface area (Å²) in [6.07, 6.45) is 5.06. The molecule has 2 saturated heterocycles. The van der Waals surface area contributed by atoms with Crippen molar-refractivity contribution in [2.24, 2.45) is 5.92 Å². The summed E-state index contributed by atoms with van der Waals surface area (Å²) in [5.41, 5.74) is 8.08. The molecule has 2 fully saturated rings. The van der Waals surface area contributed by atoms with E-state index in [1.165, 1.54) is 18.4 Å². The molecule has 4 atom stereocenters. The number of benzene rings is 2. The Morgan fingerprint density at radius 1 is 0.804 bits per heavy atom. The Balaban J connectivity index is 1.00. The van der Waals surface area contributed by atoms with Crippen molar-refractivity contribution in [3.8, 4) is 33.6 Å². The molecular weight excluding hydrogens is 735 g/mol. The van der Waals surface area contributed by atoms with Crippen molar-refractivity contribution in [3.63, 3.8) is 0 Å². The van der Waals surface area contributed by atoms with Crippen LogP contribution in [0.15, 0.2) is 71.8 Å². The van der Waals surface area contributed by atoms with Crippen molar-refractivity contribution in [2.45, 2.75) is 70.1 Å². The maximum Gasteiger partial charge on any atom is 0.407 e. The van der Waals surface area contributed by atoms with Crippen molar-refractivity contribution >= 4 is 35.3 Å². The van der Waals surface area contributed by atoms with Crippen LogP contribution in [0.25, 0.3) is 33.6 Å². The molecule has 0 aliphatic carbocycles. The molecular formula is C40H45N9O6S. The van der Waals surface area contributed by atoms with Gasteiger partial charge in [0.25, 0.3) is 0 Å². The van der Waals surface area contributed by atoms with Gasteiger partial charge in [-0.15, -0.1) is 11.3 Å². The van der Waals surface area contributed by atoms with Crippen LogP contribution in [0, 0.1) is 5.92 Å². The number of amides is 4. The van der Waals surface area contributed by atoms with Crippen LogP contribution in [0.3, 0.4) is 0 Å². The number of alkyl carbamates (subject to hydrolysis) is 1. The number of H-pyrrole nitrogens is 2. The van der Waals surface area contributed by atoms with Crippen molar-refractivity contribution < 1.29 is 29.0 Å².